The minimum atomic E-state index is -0.854. The lowest BCUT2D eigenvalue weighted by atomic mass is 10.1. The first-order valence-electron chi connectivity index (χ1n) is 6.46. The van der Waals surface area contributed by atoms with Gasteiger partial charge in [-0.25, -0.2) is 8.78 Å². The Morgan fingerprint density at radius 1 is 1.14 bits per heavy atom. The van der Waals surface area contributed by atoms with E-state index in [4.69, 9.17) is 0 Å². The number of rotatable bonds is 4. The summed E-state index contributed by atoms with van der Waals surface area (Å²) in [5.74, 6) is -2.99. The van der Waals surface area contributed by atoms with Gasteiger partial charge in [0.2, 0.25) is 11.8 Å². The van der Waals surface area contributed by atoms with Crippen molar-refractivity contribution in [2.24, 2.45) is 0 Å². The molecule has 1 saturated heterocycles. The number of carbonyl (C=O) groups is 3. The van der Waals surface area contributed by atoms with Crippen molar-refractivity contribution in [3.8, 4) is 0 Å². The molecule has 0 aliphatic carbocycles. The number of piperazine rings is 1. The molecule has 112 valence electrons. The molecule has 0 spiro atoms. The molecule has 0 atom stereocenters. The fourth-order valence-corrected chi connectivity index (χ4v) is 2.10. The third-order valence-corrected chi connectivity index (χ3v) is 3.30. The van der Waals surface area contributed by atoms with Gasteiger partial charge in [0.15, 0.2) is 5.78 Å². The molecule has 1 aliphatic heterocycles. The Labute approximate surface area is 120 Å². The number of hydrogen-bond donors (Lipinski definition) is 0. The quantitative estimate of drug-likeness (QED) is 0.774. The molecular formula is C14H14F2N2O3. The second kappa shape index (κ2) is 5.99. The van der Waals surface area contributed by atoms with Crippen molar-refractivity contribution in [1.29, 1.82) is 0 Å². The van der Waals surface area contributed by atoms with Crippen LogP contribution in [0.15, 0.2) is 18.2 Å². The van der Waals surface area contributed by atoms with Crippen LogP contribution in [0.5, 0.6) is 0 Å². The van der Waals surface area contributed by atoms with Gasteiger partial charge in [-0.15, -0.1) is 0 Å². The van der Waals surface area contributed by atoms with E-state index in [-0.39, 0.29) is 24.9 Å². The number of amides is 2. The van der Waals surface area contributed by atoms with Gasteiger partial charge in [-0.3, -0.25) is 14.4 Å². The number of hydrogen-bond acceptors (Lipinski definition) is 3. The van der Waals surface area contributed by atoms with Gasteiger partial charge >= 0.3 is 0 Å². The molecule has 1 aromatic rings. The first kappa shape index (κ1) is 15.1. The molecule has 5 nitrogen and oxygen atoms in total. The van der Waals surface area contributed by atoms with Crippen molar-refractivity contribution in [1.82, 2.24) is 9.80 Å². The van der Waals surface area contributed by atoms with Gasteiger partial charge in [0, 0.05) is 6.54 Å². The Morgan fingerprint density at radius 3 is 2.43 bits per heavy atom. The van der Waals surface area contributed by atoms with E-state index >= 15 is 0 Å². The van der Waals surface area contributed by atoms with Gasteiger partial charge in [0.25, 0.3) is 0 Å². The smallest absolute Gasteiger partial charge is 0.243 e. The predicted molar refractivity (Wildman–Crippen MR) is 69.5 cm³/mol. The van der Waals surface area contributed by atoms with E-state index < -0.39 is 29.5 Å². The molecule has 0 radical (unpaired) electrons. The first-order chi connectivity index (χ1) is 9.92. The summed E-state index contributed by atoms with van der Waals surface area (Å²) in [4.78, 5) is 37.9. The van der Waals surface area contributed by atoms with Crippen LogP contribution in [-0.2, 0) is 9.59 Å². The highest BCUT2D eigenvalue weighted by molar-refractivity contribution is 6.01. The first-order valence-corrected chi connectivity index (χ1v) is 6.46. The van der Waals surface area contributed by atoms with E-state index in [1.807, 2.05) is 0 Å². The zero-order valence-corrected chi connectivity index (χ0v) is 11.4. The van der Waals surface area contributed by atoms with E-state index in [0.29, 0.717) is 6.54 Å². The van der Waals surface area contributed by atoms with Gasteiger partial charge < -0.3 is 9.80 Å². The monoisotopic (exact) mass is 296 g/mol. The summed E-state index contributed by atoms with van der Waals surface area (Å²) < 4.78 is 26.6. The third-order valence-electron chi connectivity index (χ3n) is 3.30. The SMILES string of the molecule is CCN1CC(=O)N(CC(=O)c2cc(F)ccc2F)CC1=O. The van der Waals surface area contributed by atoms with Crippen LogP contribution in [-0.4, -0.2) is 53.6 Å². The fourth-order valence-electron chi connectivity index (χ4n) is 2.10. The van der Waals surface area contributed by atoms with Crippen LogP contribution >= 0.6 is 0 Å². The molecule has 1 fully saturated rings. The van der Waals surface area contributed by atoms with Crippen LogP contribution in [0.2, 0.25) is 0 Å². The highest BCUT2D eigenvalue weighted by Gasteiger charge is 2.30. The maximum atomic E-state index is 13.5. The summed E-state index contributed by atoms with van der Waals surface area (Å²) in [6, 6.07) is 2.54. The third kappa shape index (κ3) is 3.24. The second-order valence-electron chi connectivity index (χ2n) is 4.71. The molecule has 0 unspecified atom stereocenters. The van der Waals surface area contributed by atoms with Gasteiger partial charge in [-0.1, -0.05) is 0 Å². The molecule has 0 saturated carbocycles. The minimum absolute atomic E-state index is 0.103. The standard InChI is InChI=1S/C14H14F2N2O3/c1-2-17-7-14(21)18(8-13(17)20)6-12(19)10-5-9(15)3-4-11(10)16/h3-5H,2,6-8H2,1H3. The second-order valence-corrected chi connectivity index (χ2v) is 4.71. The fraction of sp³-hybridized carbons (Fsp3) is 0.357. The zero-order valence-electron chi connectivity index (χ0n) is 11.4. The van der Waals surface area contributed by atoms with Crippen molar-refractivity contribution < 1.29 is 23.2 Å². The number of likely N-dealkylation sites (N-methyl/N-ethyl adjacent to an activating group) is 1. The number of halogens is 2. The molecule has 7 heteroatoms. The van der Waals surface area contributed by atoms with Crippen molar-refractivity contribution in [3.63, 3.8) is 0 Å². The lowest BCUT2D eigenvalue weighted by Crippen LogP contribution is -2.54. The number of carbonyl (C=O) groups excluding carboxylic acids is 3. The number of Topliss-reactive ketones (excluding diaryl/α,β-unsaturated/α-hetero) is 1. The van der Waals surface area contributed by atoms with Gasteiger partial charge in [0.05, 0.1) is 18.7 Å². The van der Waals surface area contributed by atoms with Crippen LogP contribution in [0.3, 0.4) is 0 Å². The lowest BCUT2D eigenvalue weighted by Gasteiger charge is -2.32. The van der Waals surface area contributed by atoms with Crippen LogP contribution in [0.25, 0.3) is 0 Å². The Balaban J connectivity index is 2.11. The average Bonchev–Trinajstić information content (AvgIpc) is 2.45. The summed E-state index contributed by atoms with van der Waals surface area (Å²) in [6.07, 6.45) is 0. The maximum absolute atomic E-state index is 13.5. The van der Waals surface area contributed by atoms with E-state index in [1.54, 1.807) is 6.92 Å². The normalized spacial score (nSPS) is 15.6. The molecule has 0 bridgehead atoms. The Hall–Kier alpha value is -2.31. The van der Waals surface area contributed by atoms with Gasteiger partial charge in [-0.2, -0.15) is 0 Å². The number of ketones is 1. The van der Waals surface area contributed by atoms with E-state index in [0.717, 1.165) is 23.1 Å². The van der Waals surface area contributed by atoms with Crippen LogP contribution in [0, 0.1) is 11.6 Å². The molecule has 2 rings (SSSR count). The van der Waals surface area contributed by atoms with Crippen LogP contribution in [0.1, 0.15) is 17.3 Å². The molecule has 0 N–H and O–H groups in total. The largest absolute Gasteiger partial charge is 0.332 e. The van der Waals surface area contributed by atoms with Crippen molar-refractivity contribution >= 4 is 17.6 Å². The lowest BCUT2D eigenvalue weighted by molar-refractivity contribution is -0.149. The van der Waals surface area contributed by atoms with E-state index in [9.17, 15) is 23.2 Å². The molecule has 1 aromatic carbocycles. The predicted octanol–water partition coefficient (Wildman–Crippen LogP) is 0.838. The summed E-state index contributed by atoms with van der Waals surface area (Å²) in [5, 5.41) is 0. The molecule has 0 aromatic heterocycles. The van der Waals surface area contributed by atoms with Crippen LogP contribution in [0.4, 0.5) is 8.78 Å². The molecule has 1 aliphatic rings. The summed E-state index contributed by atoms with van der Waals surface area (Å²) in [6.45, 7) is 1.38. The highest BCUT2D eigenvalue weighted by Crippen LogP contribution is 2.12. The Bertz CT molecular complexity index is 604. The Kier molecular flexibility index (Phi) is 4.30. The zero-order chi connectivity index (χ0) is 15.6. The molecule has 2 amide bonds. The van der Waals surface area contributed by atoms with Gasteiger partial charge in [-0.05, 0) is 25.1 Å². The Morgan fingerprint density at radius 2 is 1.76 bits per heavy atom. The summed E-state index contributed by atoms with van der Waals surface area (Å²) in [5.41, 5.74) is -0.423. The van der Waals surface area contributed by atoms with Crippen molar-refractivity contribution in [2.75, 3.05) is 26.2 Å². The number of nitrogens with zero attached hydrogens (tertiary/aromatic N) is 2. The van der Waals surface area contributed by atoms with Crippen molar-refractivity contribution in [3.05, 3.63) is 35.4 Å². The van der Waals surface area contributed by atoms with E-state index in [1.165, 1.54) is 4.90 Å². The molecule has 21 heavy (non-hydrogen) atoms. The molecular weight excluding hydrogens is 282 g/mol. The van der Waals surface area contributed by atoms with Gasteiger partial charge in [0.1, 0.15) is 18.2 Å². The summed E-state index contributed by atoms with van der Waals surface area (Å²) in [7, 11) is 0. The van der Waals surface area contributed by atoms with Crippen molar-refractivity contribution in [2.45, 2.75) is 6.92 Å². The summed E-state index contributed by atoms with van der Waals surface area (Å²) >= 11 is 0. The molecule has 1 heterocycles. The number of benzene rings is 1. The minimum Gasteiger partial charge on any atom is -0.332 e. The van der Waals surface area contributed by atoms with E-state index in [2.05, 4.69) is 0 Å². The topological polar surface area (TPSA) is 57.7 Å². The maximum Gasteiger partial charge on any atom is 0.243 e. The average molecular weight is 296 g/mol. The highest BCUT2D eigenvalue weighted by atomic mass is 19.1. The van der Waals surface area contributed by atoms with Crippen LogP contribution < -0.4 is 0 Å².